The van der Waals surface area contributed by atoms with Gasteiger partial charge in [-0.1, -0.05) is 17.7 Å². The van der Waals surface area contributed by atoms with E-state index in [0.29, 0.717) is 28.9 Å². The molecule has 9 heteroatoms. The number of carbonyl (C=O) groups is 2. The predicted octanol–water partition coefficient (Wildman–Crippen LogP) is 3.71. The van der Waals surface area contributed by atoms with Gasteiger partial charge in [0.2, 0.25) is 0 Å². The minimum atomic E-state index is -1.63. The molecule has 0 saturated heterocycles. The molecule has 0 aliphatic carbocycles. The molecule has 0 spiro atoms. The SMILES string of the molecule is CN1c2ccc(C(=O)NCc3ccncc3)cc2C(=O)C(Cc2ccc(F)c(Cl)c2)S1=O. The van der Waals surface area contributed by atoms with Crippen LogP contribution in [0.4, 0.5) is 10.1 Å². The fourth-order valence-corrected chi connectivity index (χ4v) is 5.11. The number of anilines is 1. The summed E-state index contributed by atoms with van der Waals surface area (Å²) in [7, 11) is 0.00233. The van der Waals surface area contributed by atoms with Gasteiger partial charge in [0.05, 0.1) is 10.7 Å². The van der Waals surface area contributed by atoms with E-state index in [4.69, 9.17) is 11.6 Å². The van der Waals surface area contributed by atoms with Crippen LogP contribution in [-0.4, -0.2) is 33.2 Å². The summed E-state index contributed by atoms with van der Waals surface area (Å²) < 4.78 is 27.9. The zero-order chi connectivity index (χ0) is 22.8. The van der Waals surface area contributed by atoms with Crippen LogP contribution >= 0.6 is 11.6 Å². The topological polar surface area (TPSA) is 79.4 Å². The van der Waals surface area contributed by atoms with Gasteiger partial charge in [-0.2, -0.15) is 0 Å². The number of carbonyl (C=O) groups excluding carboxylic acids is 2. The Morgan fingerprint density at radius 1 is 1.16 bits per heavy atom. The first-order valence-corrected chi connectivity index (χ1v) is 11.3. The normalized spacial score (nSPS) is 17.7. The highest BCUT2D eigenvalue weighted by atomic mass is 35.5. The van der Waals surface area contributed by atoms with Crippen molar-refractivity contribution in [3.05, 3.63) is 94.0 Å². The highest BCUT2D eigenvalue weighted by molar-refractivity contribution is 7.88. The summed E-state index contributed by atoms with van der Waals surface area (Å²) in [5, 5.41) is 1.89. The van der Waals surface area contributed by atoms with E-state index in [-0.39, 0.29) is 23.1 Å². The van der Waals surface area contributed by atoms with Crippen molar-refractivity contribution >= 4 is 40.0 Å². The van der Waals surface area contributed by atoms with E-state index >= 15 is 0 Å². The molecule has 164 valence electrons. The lowest BCUT2D eigenvalue weighted by atomic mass is 9.98. The molecule has 1 aliphatic heterocycles. The Labute approximate surface area is 192 Å². The number of hydrogen-bond acceptors (Lipinski definition) is 4. The summed E-state index contributed by atoms with van der Waals surface area (Å²) >= 11 is 5.85. The summed E-state index contributed by atoms with van der Waals surface area (Å²) in [5.41, 5.74) is 2.65. The molecule has 0 bridgehead atoms. The van der Waals surface area contributed by atoms with Gasteiger partial charge in [-0.25, -0.2) is 8.60 Å². The van der Waals surface area contributed by atoms with Crippen LogP contribution in [0.2, 0.25) is 5.02 Å². The molecule has 3 aromatic rings. The van der Waals surface area contributed by atoms with Crippen LogP contribution in [0.15, 0.2) is 60.9 Å². The summed E-state index contributed by atoms with van der Waals surface area (Å²) in [6.45, 7) is 0.324. The average molecular weight is 472 g/mol. The van der Waals surface area contributed by atoms with Crippen molar-refractivity contribution in [2.75, 3.05) is 11.4 Å². The molecule has 1 aliphatic rings. The lowest BCUT2D eigenvalue weighted by Gasteiger charge is -2.31. The average Bonchev–Trinajstić information content (AvgIpc) is 2.81. The van der Waals surface area contributed by atoms with E-state index in [1.54, 1.807) is 43.7 Å². The molecular formula is C23H19ClFN3O3S. The van der Waals surface area contributed by atoms with Crippen molar-refractivity contribution in [1.29, 1.82) is 0 Å². The van der Waals surface area contributed by atoms with Crippen molar-refractivity contribution in [1.82, 2.24) is 10.3 Å². The monoisotopic (exact) mass is 471 g/mol. The first kappa shape index (κ1) is 22.1. The molecule has 0 saturated carbocycles. The van der Waals surface area contributed by atoms with Gasteiger partial charge < -0.3 is 5.32 Å². The molecule has 1 aromatic heterocycles. The number of aromatic nitrogens is 1. The van der Waals surface area contributed by atoms with Crippen LogP contribution in [0.3, 0.4) is 0 Å². The van der Waals surface area contributed by atoms with Crippen LogP contribution in [-0.2, 0) is 24.0 Å². The Morgan fingerprint density at radius 3 is 2.62 bits per heavy atom. The number of nitrogens with one attached hydrogen (secondary N) is 1. The molecule has 1 N–H and O–H groups in total. The second-order valence-electron chi connectivity index (χ2n) is 7.35. The molecule has 0 radical (unpaired) electrons. The Bertz CT molecular complexity index is 1220. The summed E-state index contributed by atoms with van der Waals surface area (Å²) in [4.78, 5) is 29.8. The maximum Gasteiger partial charge on any atom is 0.251 e. The zero-order valence-electron chi connectivity index (χ0n) is 17.0. The van der Waals surface area contributed by atoms with E-state index < -0.39 is 22.1 Å². The standard InChI is InChI=1S/C23H19ClFN3O3S/c1-28-20-5-3-16(23(30)27-13-14-6-8-26-9-7-14)12-17(20)22(29)21(32(28)31)11-15-2-4-19(25)18(24)10-15/h2-10,12,21H,11,13H2,1H3,(H,27,30). The molecule has 1 amide bonds. The van der Waals surface area contributed by atoms with Gasteiger partial charge in [-0.05, 0) is 60.0 Å². The smallest absolute Gasteiger partial charge is 0.251 e. The Balaban J connectivity index is 1.57. The molecule has 6 nitrogen and oxygen atoms in total. The highest BCUT2D eigenvalue weighted by Crippen LogP contribution is 2.32. The summed E-state index contributed by atoms with van der Waals surface area (Å²) in [6, 6.07) is 12.5. The number of Topliss-reactive ketones (excluding diaryl/α,β-unsaturated/α-hetero) is 1. The van der Waals surface area contributed by atoms with Crippen LogP contribution in [0.25, 0.3) is 0 Å². The first-order valence-electron chi connectivity index (χ1n) is 9.79. The molecule has 2 aromatic carbocycles. The largest absolute Gasteiger partial charge is 0.348 e. The second-order valence-corrected chi connectivity index (χ2v) is 9.43. The minimum Gasteiger partial charge on any atom is -0.348 e. The maximum atomic E-state index is 13.5. The quantitative estimate of drug-likeness (QED) is 0.615. The van der Waals surface area contributed by atoms with Gasteiger partial charge in [0.25, 0.3) is 5.91 Å². The maximum absolute atomic E-state index is 13.5. The lowest BCUT2D eigenvalue weighted by Crippen LogP contribution is -2.42. The van der Waals surface area contributed by atoms with Gasteiger partial charge in [-0.3, -0.25) is 18.9 Å². The Morgan fingerprint density at radius 2 is 1.91 bits per heavy atom. The highest BCUT2D eigenvalue weighted by Gasteiger charge is 2.37. The fraction of sp³-hybridized carbons (Fsp3) is 0.174. The summed E-state index contributed by atoms with van der Waals surface area (Å²) in [6.07, 6.45) is 3.42. The number of amides is 1. The van der Waals surface area contributed by atoms with Gasteiger partial charge in [0, 0.05) is 37.1 Å². The third-order valence-electron chi connectivity index (χ3n) is 5.28. The third kappa shape index (κ3) is 4.42. The Kier molecular flexibility index (Phi) is 6.34. The van der Waals surface area contributed by atoms with Crippen molar-refractivity contribution in [2.45, 2.75) is 18.2 Å². The lowest BCUT2D eigenvalue weighted by molar-refractivity contribution is 0.0951. The van der Waals surface area contributed by atoms with E-state index in [1.807, 2.05) is 0 Å². The molecule has 2 unspecified atom stereocenters. The van der Waals surface area contributed by atoms with Crippen LogP contribution in [0.1, 0.15) is 31.8 Å². The molecule has 0 fully saturated rings. The molecule has 32 heavy (non-hydrogen) atoms. The number of halogens is 2. The van der Waals surface area contributed by atoms with E-state index in [9.17, 15) is 18.2 Å². The van der Waals surface area contributed by atoms with Crippen molar-refractivity contribution in [3.8, 4) is 0 Å². The number of benzene rings is 2. The van der Waals surface area contributed by atoms with Crippen molar-refractivity contribution in [2.24, 2.45) is 0 Å². The van der Waals surface area contributed by atoms with Gasteiger partial charge >= 0.3 is 0 Å². The Hall–Kier alpha value is -3.10. The van der Waals surface area contributed by atoms with Gasteiger partial charge in [0.15, 0.2) is 5.78 Å². The second kappa shape index (κ2) is 9.18. The predicted molar refractivity (Wildman–Crippen MR) is 122 cm³/mol. The number of rotatable bonds is 5. The first-order chi connectivity index (χ1) is 15.3. The summed E-state index contributed by atoms with van der Waals surface area (Å²) in [5.74, 6) is -1.22. The number of fused-ring (bicyclic) bond motifs is 1. The third-order valence-corrected chi connectivity index (χ3v) is 7.17. The number of ketones is 1. The molecule has 4 rings (SSSR count). The molecule has 2 atom stereocenters. The van der Waals surface area contributed by atoms with Crippen LogP contribution in [0.5, 0.6) is 0 Å². The zero-order valence-corrected chi connectivity index (χ0v) is 18.6. The molecule has 2 heterocycles. The van der Waals surface area contributed by atoms with E-state index in [2.05, 4.69) is 10.3 Å². The van der Waals surface area contributed by atoms with Gasteiger partial charge in [-0.15, -0.1) is 0 Å². The number of pyridine rings is 1. The van der Waals surface area contributed by atoms with Gasteiger partial charge in [0.1, 0.15) is 22.1 Å². The minimum absolute atomic E-state index is 0.0570. The van der Waals surface area contributed by atoms with Crippen LogP contribution in [0, 0.1) is 5.82 Å². The van der Waals surface area contributed by atoms with Crippen LogP contribution < -0.4 is 9.62 Å². The van der Waals surface area contributed by atoms with Crippen molar-refractivity contribution < 1.29 is 18.2 Å². The fourth-order valence-electron chi connectivity index (χ4n) is 3.53. The van der Waals surface area contributed by atoms with E-state index in [1.165, 1.54) is 28.6 Å². The van der Waals surface area contributed by atoms with Crippen molar-refractivity contribution in [3.63, 3.8) is 0 Å². The number of hydrogen-bond donors (Lipinski definition) is 1. The molecular weight excluding hydrogens is 453 g/mol. The number of nitrogens with zero attached hydrogens (tertiary/aromatic N) is 2. The van der Waals surface area contributed by atoms with E-state index in [0.717, 1.165) is 5.56 Å².